The first-order chi connectivity index (χ1) is 8.96. The van der Waals surface area contributed by atoms with E-state index in [4.69, 9.17) is 10.5 Å². The normalized spacial score (nSPS) is 21.5. The molecule has 0 bridgehead atoms. The Labute approximate surface area is 115 Å². The van der Waals surface area contributed by atoms with E-state index >= 15 is 0 Å². The molecule has 1 saturated heterocycles. The van der Waals surface area contributed by atoms with Crippen LogP contribution in [0.25, 0.3) is 0 Å². The lowest BCUT2D eigenvalue weighted by molar-refractivity contribution is -0.0968. The predicted molar refractivity (Wildman–Crippen MR) is 76.0 cm³/mol. The van der Waals surface area contributed by atoms with E-state index in [9.17, 15) is 0 Å². The summed E-state index contributed by atoms with van der Waals surface area (Å²) in [6.45, 7) is 9.65. The third-order valence-electron chi connectivity index (χ3n) is 3.75. The average molecular weight is 266 g/mol. The highest BCUT2D eigenvalue weighted by atomic mass is 16.5. The zero-order valence-electron chi connectivity index (χ0n) is 12.5. The van der Waals surface area contributed by atoms with E-state index < -0.39 is 0 Å². The van der Waals surface area contributed by atoms with Gasteiger partial charge in [-0.3, -0.25) is 9.58 Å². The number of hydrogen-bond acceptors (Lipinski definition) is 4. The van der Waals surface area contributed by atoms with Crippen LogP contribution < -0.4 is 5.73 Å². The topological polar surface area (TPSA) is 56.3 Å². The van der Waals surface area contributed by atoms with Crippen molar-refractivity contribution in [1.29, 1.82) is 0 Å². The van der Waals surface area contributed by atoms with Crippen LogP contribution in [0.4, 0.5) is 0 Å². The van der Waals surface area contributed by atoms with Crippen LogP contribution in [-0.4, -0.2) is 46.5 Å². The van der Waals surface area contributed by atoms with Gasteiger partial charge in [0, 0.05) is 38.4 Å². The van der Waals surface area contributed by atoms with Gasteiger partial charge >= 0.3 is 0 Å². The Morgan fingerprint density at radius 1 is 1.53 bits per heavy atom. The Morgan fingerprint density at radius 2 is 2.26 bits per heavy atom. The van der Waals surface area contributed by atoms with Gasteiger partial charge in [0.2, 0.25) is 0 Å². The Morgan fingerprint density at radius 3 is 2.84 bits per heavy atom. The monoisotopic (exact) mass is 266 g/mol. The second kappa shape index (κ2) is 5.61. The number of aromatic nitrogens is 2. The van der Waals surface area contributed by atoms with E-state index in [1.165, 1.54) is 5.56 Å². The molecule has 5 nitrogen and oxygen atoms in total. The summed E-state index contributed by atoms with van der Waals surface area (Å²) in [5.74, 6) is 0. The minimum Gasteiger partial charge on any atom is -0.373 e. The molecule has 0 saturated carbocycles. The molecule has 2 rings (SSSR count). The number of hydrogen-bond donors (Lipinski definition) is 1. The van der Waals surface area contributed by atoms with E-state index in [0.717, 1.165) is 31.8 Å². The molecule has 2 heterocycles. The largest absolute Gasteiger partial charge is 0.373 e. The van der Waals surface area contributed by atoms with Gasteiger partial charge in [-0.2, -0.15) is 5.10 Å². The minimum absolute atomic E-state index is 0.0970. The lowest BCUT2D eigenvalue weighted by Gasteiger charge is -2.42. The lowest BCUT2D eigenvalue weighted by atomic mass is 10.0. The molecule has 2 N–H and O–H groups in total. The quantitative estimate of drug-likeness (QED) is 0.886. The van der Waals surface area contributed by atoms with Gasteiger partial charge in [-0.1, -0.05) is 6.92 Å². The maximum atomic E-state index is 6.04. The van der Waals surface area contributed by atoms with Crippen LogP contribution in [-0.2, 0) is 18.2 Å². The van der Waals surface area contributed by atoms with Crippen molar-refractivity contribution in [2.24, 2.45) is 12.8 Å². The molecular formula is C14H26N4O. The molecule has 1 fully saturated rings. The van der Waals surface area contributed by atoms with Gasteiger partial charge in [-0.05, 0) is 20.3 Å². The molecule has 1 unspecified atom stereocenters. The second-order valence-corrected chi connectivity index (χ2v) is 5.89. The van der Waals surface area contributed by atoms with Crippen LogP contribution in [0.3, 0.4) is 0 Å². The van der Waals surface area contributed by atoms with Gasteiger partial charge in [-0.25, -0.2) is 0 Å². The summed E-state index contributed by atoms with van der Waals surface area (Å²) in [7, 11) is 1.97. The number of rotatable bonds is 4. The maximum absolute atomic E-state index is 6.04. The molecule has 19 heavy (non-hydrogen) atoms. The van der Waals surface area contributed by atoms with E-state index in [1.54, 1.807) is 0 Å². The van der Waals surface area contributed by atoms with Gasteiger partial charge in [-0.15, -0.1) is 0 Å². The van der Waals surface area contributed by atoms with Crippen LogP contribution in [0.15, 0.2) is 6.20 Å². The molecular weight excluding hydrogens is 240 g/mol. The fourth-order valence-electron chi connectivity index (χ4n) is 2.90. The molecule has 0 radical (unpaired) electrons. The van der Waals surface area contributed by atoms with Crippen molar-refractivity contribution in [1.82, 2.24) is 14.7 Å². The van der Waals surface area contributed by atoms with Crippen LogP contribution in [0, 0.1) is 0 Å². The van der Waals surface area contributed by atoms with Crippen molar-refractivity contribution < 1.29 is 4.74 Å². The first kappa shape index (κ1) is 14.5. The number of ether oxygens (including phenoxy) is 1. The van der Waals surface area contributed by atoms with Crippen molar-refractivity contribution in [2.45, 2.75) is 38.8 Å². The molecule has 108 valence electrons. The maximum Gasteiger partial charge on any atom is 0.0753 e. The number of nitrogens with two attached hydrogens (primary N) is 1. The highest BCUT2D eigenvalue weighted by Crippen LogP contribution is 2.27. The van der Waals surface area contributed by atoms with Gasteiger partial charge in [0.1, 0.15) is 0 Å². The van der Waals surface area contributed by atoms with Crippen molar-refractivity contribution in [3.63, 3.8) is 0 Å². The number of morpholine rings is 1. The van der Waals surface area contributed by atoms with Gasteiger partial charge in [0.15, 0.2) is 0 Å². The van der Waals surface area contributed by atoms with Crippen LogP contribution >= 0.6 is 0 Å². The van der Waals surface area contributed by atoms with E-state index in [1.807, 2.05) is 11.7 Å². The summed E-state index contributed by atoms with van der Waals surface area (Å²) in [6.07, 6.45) is 3.05. The Kier molecular flexibility index (Phi) is 4.28. The van der Waals surface area contributed by atoms with Crippen LogP contribution in [0.1, 0.15) is 38.1 Å². The standard InChI is InChI=1S/C14H26N4O/c1-5-12-11(9-17(4)16-12)13(8-15)18-6-7-19-14(2,3)10-18/h9,13H,5-8,10,15H2,1-4H3. The molecule has 0 spiro atoms. The van der Waals surface area contributed by atoms with E-state index in [-0.39, 0.29) is 11.6 Å². The zero-order chi connectivity index (χ0) is 14.0. The SMILES string of the molecule is CCc1nn(C)cc1C(CN)N1CCOC(C)(C)C1. The third-order valence-corrected chi connectivity index (χ3v) is 3.75. The van der Waals surface area contributed by atoms with Crippen molar-refractivity contribution >= 4 is 0 Å². The molecule has 1 aliphatic heterocycles. The summed E-state index contributed by atoms with van der Waals surface area (Å²) in [5, 5.41) is 4.53. The molecule has 0 aromatic carbocycles. The lowest BCUT2D eigenvalue weighted by Crippen LogP contribution is -2.50. The molecule has 0 aliphatic carbocycles. The number of nitrogens with zero attached hydrogens (tertiary/aromatic N) is 3. The molecule has 1 aromatic rings. The molecule has 0 amide bonds. The molecule has 1 aliphatic rings. The minimum atomic E-state index is -0.0970. The van der Waals surface area contributed by atoms with Crippen molar-refractivity contribution in [2.75, 3.05) is 26.2 Å². The number of aryl methyl sites for hydroxylation is 2. The predicted octanol–water partition coefficient (Wildman–Crippen LogP) is 1.09. The van der Waals surface area contributed by atoms with Crippen LogP contribution in [0.5, 0.6) is 0 Å². The third kappa shape index (κ3) is 3.16. The van der Waals surface area contributed by atoms with E-state index in [2.05, 4.69) is 37.0 Å². The molecule has 1 aromatic heterocycles. The highest BCUT2D eigenvalue weighted by molar-refractivity contribution is 5.22. The van der Waals surface area contributed by atoms with Gasteiger partial charge < -0.3 is 10.5 Å². The zero-order valence-corrected chi connectivity index (χ0v) is 12.5. The van der Waals surface area contributed by atoms with Crippen molar-refractivity contribution in [3.8, 4) is 0 Å². The van der Waals surface area contributed by atoms with Gasteiger partial charge in [0.25, 0.3) is 0 Å². The Balaban J connectivity index is 2.23. The summed E-state index contributed by atoms with van der Waals surface area (Å²) in [4.78, 5) is 2.43. The fourth-order valence-corrected chi connectivity index (χ4v) is 2.90. The van der Waals surface area contributed by atoms with Gasteiger partial charge in [0.05, 0.1) is 23.9 Å². The van der Waals surface area contributed by atoms with Crippen LogP contribution in [0.2, 0.25) is 0 Å². The molecule has 1 atom stereocenters. The average Bonchev–Trinajstić information content (AvgIpc) is 2.70. The highest BCUT2D eigenvalue weighted by Gasteiger charge is 2.32. The smallest absolute Gasteiger partial charge is 0.0753 e. The Bertz CT molecular complexity index is 427. The first-order valence-corrected chi connectivity index (χ1v) is 7.07. The summed E-state index contributed by atoms with van der Waals surface area (Å²) in [5.41, 5.74) is 8.36. The Hall–Kier alpha value is -0.910. The second-order valence-electron chi connectivity index (χ2n) is 5.89. The summed E-state index contributed by atoms with van der Waals surface area (Å²) >= 11 is 0. The summed E-state index contributed by atoms with van der Waals surface area (Å²) < 4.78 is 7.68. The fraction of sp³-hybridized carbons (Fsp3) is 0.786. The molecule has 5 heteroatoms. The summed E-state index contributed by atoms with van der Waals surface area (Å²) in [6, 6.07) is 0.242. The van der Waals surface area contributed by atoms with Crippen molar-refractivity contribution in [3.05, 3.63) is 17.5 Å². The van der Waals surface area contributed by atoms with E-state index in [0.29, 0.717) is 6.54 Å². The first-order valence-electron chi connectivity index (χ1n) is 7.07.